The zero-order valence-corrected chi connectivity index (χ0v) is 11.3. The van der Waals surface area contributed by atoms with Crippen molar-refractivity contribution in [3.8, 4) is 0 Å². The summed E-state index contributed by atoms with van der Waals surface area (Å²) >= 11 is 0. The second-order valence-corrected chi connectivity index (χ2v) is 4.36. The van der Waals surface area contributed by atoms with Crippen LogP contribution in [0.15, 0.2) is 24.3 Å². The zero-order chi connectivity index (χ0) is 14.8. The van der Waals surface area contributed by atoms with Crippen LogP contribution in [0.2, 0.25) is 0 Å². The molecule has 0 bridgehead atoms. The molecule has 0 saturated carbocycles. The van der Waals surface area contributed by atoms with Crippen molar-refractivity contribution in [2.24, 2.45) is 5.73 Å². The Balaban J connectivity index is 2.16. The molecule has 110 valence electrons. The van der Waals surface area contributed by atoms with E-state index >= 15 is 0 Å². The number of nitrogens with two attached hydrogens (primary N) is 1. The van der Waals surface area contributed by atoms with Crippen LogP contribution in [0.4, 0.5) is 4.39 Å². The van der Waals surface area contributed by atoms with Gasteiger partial charge in [-0.15, -0.1) is 0 Å². The maximum Gasteiger partial charge on any atom is 0.251 e. The van der Waals surface area contributed by atoms with Gasteiger partial charge in [0, 0.05) is 25.1 Å². The van der Waals surface area contributed by atoms with Gasteiger partial charge in [0.25, 0.3) is 5.91 Å². The van der Waals surface area contributed by atoms with Gasteiger partial charge in [0.1, 0.15) is 5.82 Å². The summed E-state index contributed by atoms with van der Waals surface area (Å²) in [6, 6.07) is 5.31. The number of halogens is 1. The Bertz CT molecular complexity index is 435. The Kier molecular flexibility index (Phi) is 7.27. The smallest absolute Gasteiger partial charge is 0.251 e. The molecule has 0 spiro atoms. The molecule has 0 heterocycles. The topological polar surface area (TPSA) is 84.2 Å². The minimum atomic E-state index is -0.379. The van der Waals surface area contributed by atoms with E-state index in [1.165, 1.54) is 24.3 Å². The van der Waals surface area contributed by atoms with Gasteiger partial charge in [-0.3, -0.25) is 9.59 Å². The lowest BCUT2D eigenvalue weighted by Crippen LogP contribution is -2.28. The Labute approximate surface area is 117 Å². The fourth-order valence-corrected chi connectivity index (χ4v) is 1.57. The summed E-state index contributed by atoms with van der Waals surface area (Å²) in [5.41, 5.74) is 5.71. The number of carbonyl (C=O) groups is 2. The predicted octanol–water partition coefficient (Wildman–Crippen LogP) is 0.801. The lowest BCUT2D eigenvalue weighted by Gasteiger charge is -2.06. The van der Waals surface area contributed by atoms with Crippen LogP contribution in [-0.2, 0) is 4.79 Å². The molecule has 2 amide bonds. The highest BCUT2D eigenvalue weighted by Gasteiger charge is 2.05. The van der Waals surface area contributed by atoms with Gasteiger partial charge < -0.3 is 16.4 Å². The SMILES string of the molecule is NCCCNC(=O)CCCNC(=O)c1ccc(F)cc1. The van der Waals surface area contributed by atoms with E-state index in [1.54, 1.807) is 0 Å². The lowest BCUT2D eigenvalue weighted by molar-refractivity contribution is -0.121. The molecule has 0 fully saturated rings. The first-order chi connectivity index (χ1) is 9.63. The fourth-order valence-electron chi connectivity index (χ4n) is 1.57. The van der Waals surface area contributed by atoms with E-state index in [0.717, 1.165) is 6.42 Å². The van der Waals surface area contributed by atoms with Crippen LogP contribution in [0.5, 0.6) is 0 Å². The highest BCUT2D eigenvalue weighted by atomic mass is 19.1. The summed E-state index contributed by atoms with van der Waals surface area (Å²) in [7, 11) is 0. The van der Waals surface area contributed by atoms with E-state index in [2.05, 4.69) is 10.6 Å². The minimum Gasteiger partial charge on any atom is -0.356 e. The molecule has 0 aliphatic carbocycles. The first kappa shape index (κ1) is 16.1. The molecule has 6 heteroatoms. The Morgan fingerprint density at radius 3 is 2.35 bits per heavy atom. The average molecular weight is 281 g/mol. The van der Waals surface area contributed by atoms with E-state index in [1.807, 2.05) is 0 Å². The van der Waals surface area contributed by atoms with Gasteiger partial charge in [-0.05, 0) is 43.7 Å². The minimum absolute atomic E-state index is 0.0468. The standard InChI is InChI=1S/C14H20FN3O2/c15-12-6-4-11(5-7-12)14(20)18-9-1-3-13(19)17-10-2-8-16/h4-7H,1-3,8-10,16H2,(H,17,19)(H,18,20). The van der Waals surface area contributed by atoms with Crippen molar-refractivity contribution in [3.63, 3.8) is 0 Å². The molecular formula is C14H20FN3O2. The third-order valence-electron chi connectivity index (χ3n) is 2.68. The highest BCUT2D eigenvalue weighted by Crippen LogP contribution is 2.02. The number of nitrogens with one attached hydrogen (secondary N) is 2. The lowest BCUT2D eigenvalue weighted by atomic mass is 10.2. The van der Waals surface area contributed by atoms with Gasteiger partial charge in [-0.2, -0.15) is 0 Å². The van der Waals surface area contributed by atoms with Crippen LogP contribution in [-0.4, -0.2) is 31.4 Å². The van der Waals surface area contributed by atoms with E-state index in [4.69, 9.17) is 5.73 Å². The second kappa shape index (κ2) is 9.03. The molecule has 0 aliphatic rings. The number of amides is 2. The maximum absolute atomic E-state index is 12.7. The van der Waals surface area contributed by atoms with Gasteiger partial charge >= 0.3 is 0 Å². The van der Waals surface area contributed by atoms with E-state index in [-0.39, 0.29) is 17.6 Å². The molecule has 1 aromatic rings. The first-order valence-corrected chi connectivity index (χ1v) is 6.64. The average Bonchev–Trinajstić information content (AvgIpc) is 2.44. The third-order valence-corrected chi connectivity index (χ3v) is 2.68. The van der Waals surface area contributed by atoms with Crippen molar-refractivity contribution >= 4 is 11.8 Å². The van der Waals surface area contributed by atoms with Gasteiger partial charge in [-0.25, -0.2) is 4.39 Å². The van der Waals surface area contributed by atoms with Gasteiger partial charge in [0.2, 0.25) is 5.91 Å². The summed E-state index contributed by atoms with van der Waals surface area (Å²) in [5.74, 6) is -0.696. The van der Waals surface area contributed by atoms with Crippen LogP contribution in [0.25, 0.3) is 0 Å². The molecule has 0 aromatic heterocycles. The monoisotopic (exact) mass is 281 g/mol. The molecule has 0 radical (unpaired) electrons. The van der Waals surface area contributed by atoms with Gasteiger partial charge in [0.05, 0.1) is 0 Å². The Morgan fingerprint density at radius 1 is 1.05 bits per heavy atom. The molecule has 20 heavy (non-hydrogen) atoms. The zero-order valence-electron chi connectivity index (χ0n) is 11.3. The molecule has 0 unspecified atom stereocenters. The Hall–Kier alpha value is -1.95. The molecule has 1 aromatic carbocycles. The largest absolute Gasteiger partial charge is 0.356 e. The highest BCUT2D eigenvalue weighted by molar-refractivity contribution is 5.94. The molecule has 0 atom stereocenters. The normalized spacial score (nSPS) is 10.1. The predicted molar refractivity (Wildman–Crippen MR) is 74.6 cm³/mol. The van der Waals surface area contributed by atoms with Crippen molar-refractivity contribution in [2.45, 2.75) is 19.3 Å². The maximum atomic E-state index is 12.7. The van der Waals surface area contributed by atoms with Crippen molar-refractivity contribution in [1.29, 1.82) is 0 Å². The summed E-state index contributed by atoms with van der Waals surface area (Å²) in [6.45, 7) is 1.53. The van der Waals surface area contributed by atoms with Gasteiger partial charge in [-0.1, -0.05) is 0 Å². The molecule has 0 aliphatic heterocycles. The third kappa shape index (κ3) is 6.29. The number of hydrogen-bond donors (Lipinski definition) is 3. The number of benzene rings is 1. The molecule has 0 saturated heterocycles. The summed E-state index contributed by atoms with van der Waals surface area (Å²) < 4.78 is 12.7. The van der Waals surface area contributed by atoms with Crippen LogP contribution in [0.1, 0.15) is 29.6 Å². The van der Waals surface area contributed by atoms with Crippen LogP contribution < -0.4 is 16.4 Å². The summed E-state index contributed by atoms with van der Waals surface area (Å²) in [6.07, 6.45) is 1.67. The molecular weight excluding hydrogens is 261 g/mol. The van der Waals surface area contributed by atoms with E-state index in [9.17, 15) is 14.0 Å². The molecule has 5 nitrogen and oxygen atoms in total. The number of carbonyl (C=O) groups excluding carboxylic acids is 2. The van der Waals surface area contributed by atoms with E-state index < -0.39 is 0 Å². The van der Waals surface area contributed by atoms with Crippen LogP contribution in [0, 0.1) is 5.82 Å². The molecule has 4 N–H and O–H groups in total. The van der Waals surface area contributed by atoms with Crippen LogP contribution >= 0.6 is 0 Å². The van der Waals surface area contributed by atoms with E-state index in [0.29, 0.717) is 38.0 Å². The van der Waals surface area contributed by atoms with Crippen molar-refractivity contribution in [3.05, 3.63) is 35.6 Å². The fraction of sp³-hybridized carbons (Fsp3) is 0.429. The second-order valence-electron chi connectivity index (χ2n) is 4.36. The van der Waals surface area contributed by atoms with Crippen molar-refractivity contribution < 1.29 is 14.0 Å². The van der Waals surface area contributed by atoms with Gasteiger partial charge in [0.15, 0.2) is 0 Å². The van der Waals surface area contributed by atoms with Crippen LogP contribution in [0.3, 0.4) is 0 Å². The Morgan fingerprint density at radius 2 is 1.70 bits per heavy atom. The number of hydrogen-bond acceptors (Lipinski definition) is 3. The number of rotatable bonds is 8. The summed E-state index contributed by atoms with van der Waals surface area (Å²) in [4.78, 5) is 23.0. The summed E-state index contributed by atoms with van der Waals surface area (Å²) in [5, 5.41) is 5.42. The van der Waals surface area contributed by atoms with Crippen molar-refractivity contribution in [1.82, 2.24) is 10.6 Å². The quantitative estimate of drug-likeness (QED) is 0.616. The first-order valence-electron chi connectivity index (χ1n) is 6.64. The molecule has 1 rings (SSSR count). The van der Waals surface area contributed by atoms with Crippen molar-refractivity contribution in [2.75, 3.05) is 19.6 Å².